The summed E-state index contributed by atoms with van der Waals surface area (Å²) < 4.78 is 21.4. The van der Waals surface area contributed by atoms with Gasteiger partial charge >= 0.3 is 0 Å². The van der Waals surface area contributed by atoms with E-state index in [-0.39, 0.29) is 0 Å². The van der Waals surface area contributed by atoms with E-state index in [1.54, 1.807) is 0 Å². The average Bonchev–Trinajstić information content (AvgIpc) is 2.39. The van der Waals surface area contributed by atoms with Crippen LogP contribution in [0.4, 0.5) is 0 Å². The molecule has 0 saturated carbocycles. The zero-order chi connectivity index (χ0) is 12.7. The maximum Gasteiger partial charge on any atom is 0.119 e. The van der Waals surface area contributed by atoms with Gasteiger partial charge in [0.15, 0.2) is 0 Å². The van der Waals surface area contributed by atoms with Gasteiger partial charge in [-0.2, -0.15) is 5.48 Å². The summed E-state index contributed by atoms with van der Waals surface area (Å²) in [5.41, 5.74) is 2.76. The Balaban J connectivity index is 2.00. The van der Waals surface area contributed by atoms with Crippen LogP contribution in [0.2, 0.25) is 0 Å². The first-order valence-electron chi connectivity index (χ1n) is 6.66. The number of ether oxygens (including phenoxy) is 4. The van der Waals surface area contributed by atoms with Gasteiger partial charge in [-0.05, 0) is 19.3 Å². The molecule has 0 unspecified atom stereocenters. The monoisotopic (exact) mass is 263 g/mol. The average molecular weight is 263 g/mol. The van der Waals surface area contributed by atoms with Crippen LogP contribution >= 0.6 is 0 Å². The Kier molecular flexibility index (Phi) is 11.6. The highest BCUT2D eigenvalue weighted by Gasteiger charge is 1.95. The molecule has 1 fully saturated rings. The van der Waals surface area contributed by atoms with Crippen molar-refractivity contribution in [2.75, 3.05) is 59.6 Å². The van der Waals surface area contributed by atoms with Crippen LogP contribution in [0, 0.1) is 0 Å². The van der Waals surface area contributed by atoms with Crippen molar-refractivity contribution in [3.63, 3.8) is 0 Å². The number of nitrogens with one attached hydrogen (secondary N) is 1. The van der Waals surface area contributed by atoms with Crippen molar-refractivity contribution in [2.45, 2.75) is 19.3 Å². The summed E-state index contributed by atoms with van der Waals surface area (Å²) in [6.07, 6.45) is 3.19. The lowest BCUT2D eigenvalue weighted by molar-refractivity contribution is -0.0525. The molecule has 1 aliphatic heterocycles. The first-order valence-corrected chi connectivity index (χ1v) is 6.66. The van der Waals surface area contributed by atoms with Crippen LogP contribution in [0.15, 0.2) is 0 Å². The highest BCUT2D eigenvalue weighted by atomic mass is 16.7. The Morgan fingerprint density at radius 3 is 1.78 bits per heavy atom. The molecule has 1 heterocycles. The summed E-state index contributed by atoms with van der Waals surface area (Å²) >= 11 is 0. The van der Waals surface area contributed by atoms with E-state index in [2.05, 4.69) is 5.48 Å². The van der Waals surface area contributed by atoms with Gasteiger partial charge in [0.25, 0.3) is 0 Å². The predicted molar refractivity (Wildman–Crippen MR) is 66.2 cm³/mol. The molecule has 0 aromatic heterocycles. The van der Waals surface area contributed by atoms with Gasteiger partial charge in [0.2, 0.25) is 0 Å². The topological polar surface area (TPSA) is 58.2 Å². The van der Waals surface area contributed by atoms with Crippen molar-refractivity contribution < 1.29 is 23.8 Å². The number of hydrogen-bond donors (Lipinski definition) is 1. The van der Waals surface area contributed by atoms with Crippen LogP contribution in [0.3, 0.4) is 0 Å². The molecule has 0 radical (unpaired) electrons. The van der Waals surface area contributed by atoms with Crippen LogP contribution in [-0.4, -0.2) is 59.6 Å². The molecule has 0 amide bonds. The second-order valence-electron chi connectivity index (χ2n) is 3.94. The summed E-state index contributed by atoms with van der Waals surface area (Å²) in [7, 11) is 0. The van der Waals surface area contributed by atoms with Crippen LogP contribution in [-0.2, 0) is 23.8 Å². The van der Waals surface area contributed by atoms with Gasteiger partial charge in [0, 0.05) is 6.61 Å². The standard InChI is InChI=1S/C12H25NO5/c1-2-4-14-6-7-15-8-9-16-10-11-17-12-13-18-5-3-1/h13H,1-12H2. The zero-order valence-corrected chi connectivity index (χ0v) is 11.0. The number of hydrogen-bond acceptors (Lipinski definition) is 6. The highest BCUT2D eigenvalue weighted by molar-refractivity contribution is 4.41. The van der Waals surface area contributed by atoms with Crippen LogP contribution in [0.25, 0.3) is 0 Å². The van der Waals surface area contributed by atoms with Crippen molar-refractivity contribution in [3.05, 3.63) is 0 Å². The highest BCUT2D eigenvalue weighted by Crippen LogP contribution is 1.96. The molecular formula is C12H25NO5. The lowest BCUT2D eigenvalue weighted by Gasteiger charge is -2.09. The van der Waals surface area contributed by atoms with Gasteiger partial charge in [-0.1, -0.05) is 0 Å². The normalized spacial score (nSPS) is 24.0. The Hall–Kier alpha value is -0.240. The maximum absolute atomic E-state index is 5.44. The fourth-order valence-electron chi connectivity index (χ4n) is 1.44. The lowest BCUT2D eigenvalue weighted by Crippen LogP contribution is -2.21. The minimum atomic E-state index is 0.392. The van der Waals surface area contributed by atoms with Gasteiger partial charge in [0.1, 0.15) is 6.73 Å². The molecular weight excluding hydrogens is 238 g/mol. The zero-order valence-electron chi connectivity index (χ0n) is 11.0. The van der Waals surface area contributed by atoms with Crippen molar-refractivity contribution >= 4 is 0 Å². The van der Waals surface area contributed by atoms with E-state index in [0.717, 1.165) is 25.9 Å². The van der Waals surface area contributed by atoms with E-state index in [0.29, 0.717) is 53.0 Å². The van der Waals surface area contributed by atoms with Crippen molar-refractivity contribution in [1.29, 1.82) is 0 Å². The Morgan fingerprint density at radius 1 is 0.500 bits per heavy atom. The summed E-state index contributed by atoms with van der Waals surface area (Å²) in [6, 6.07) is 0. The molecule has 1 saturated heterocycles. The van der Waals surface area contributed by atoms with E-state index in [1.165, 1.54) is 0 Å². The first-order chi connectivity index (χ1) is 9.00. The molecule has 108 valence electrons. The van der Waals surface area contributed by atoms with Gasteiger partial charge in [-0.3, -0.25) is 4.84 Å². The van der Waals surface area contributed by atoms with Gasteiger partial charge in [0.05, 0.1) is 46.2 Å². The molecule has 0 aromatic carbocycles. The Morgan fingerprint density at radius 2 is 1.06 bits per heavy atom. The van der Waals surface area contributed by atoms with Crippen LogP contribution in [0.5, 0.6) is 0 Å². The minimum absolute atomic E-state index is 0.392. The third-order valence-electron chi connectivity index (χ3n) is 2.41. The van der Waals surface area contributed by atoms with E-state index < -0.39 is 0 Å². The predicted octanol–water partition coefficient (Wildman–Crippen LogP) is 0.715. The van der Waals surface area contributed by atoms with Gasteiger partial charge < -0.3 is 18.9 Å². The Labute approximate surface area is 109 Å². The minimum Gasteiger partial charge on any atom is -0.379 e. The SMILES string of the molecule is C1CCOCCOCCOCCOCNOCC1. The summed E-state index contributed by atoms with van der Waals surface area (Å²) in [5, 5.41) is 0. The molecule has 1 aliphatic rings. The molecule has 0 atom stereocenters. The van der Waals surface area contributed by atoms with Crippen LogP contribution in [0.1, 0.15) is 19.3 Å². The van der Waals surface area contributed by atoms with Gasteiger partial charge in [-0.15, -0.1) is 0 Å². The summed E-state index contributed by atoms with van der Waals surface area (Å²) in [5.74, 6) is 0. The van der Waals surface area contributed by atoms with E-state index >= 15 is 0 Å². The molecule has 0 spiro atoms. The summed E-state index contributed by atoms with van der Waals surface area (Å²) in [4.78, 5) is 5.20. The lowest BCUT2D eigenvalue weighted by atomic mass is 10.2. The summed E-state index contributed by atoms with van der Waals surface area (Å²) in [6.45, 7) is 5.48. The fraction of sp³-hybridized carbons (Fsp3) is 1.00. The van der Waals surface area contributed by atoms with Gasteiger partial charge in [-0.25, -0.2) is 0 Å². The van der Waals surface area contributed by atoms with Crippen molar-refractivity contribution in [2.24, 2.45) is 0 Å². The fourth-order valence-corrected chi connectivity index (χ4v) is 1.44. The molecule has 18 heavy (non-hydrogen) atoms. The maximum atomic E-state index is 5.44. The first kappa shape index (κ1) is 15.8. The van der Waals surface area contributed by atoms with E-state index in [1.807, 2.05) is 0 Å². The molecule has 6 nitrogen and oxygen atoms in total. The quantitative estimate of drug-likeness (QED) is 0.695. The third-order valence-corrected chi connectivity index (χ3v) is 2.41. The number of hydroxylamine groups is 1. The van der Waals surface area contributed by atoms with Crippen LogP contribution < -0.4 is 5.48 Å². The smallest absolute Gasteiger partial charge is 0.119 e. The molecule has 0 aromatic rings. The largest absolute Gasteiger partial charge is 0.379 e. The molecule has 6 heteroatoms. The van der Waals surface area contributed by atoms with Crippen molar-refractivity contribution in [1.82, 2.24) is 5.48 Å². The third kappa shape index (κ3) is 10.9. The Bertz CT molecular complexity index is 95.5. The molecule has 1 rings (SSSR count). The molecule has 1 N–H and O–H groups in total. The second kappa shape index (κ2) is 13.2. The van der Waals surface area contributed by atoms with Crippen molar-refractivity contribution in [3.8, 4) is 0 Å². The van der Waals surface area contributed by atoms with E-state index in [9.17, 15) is 0 Å². The molecule has 0 aliphatic carbocycles. The number of rotatable bonds is 0. The van der Waals surface area contributed by atoms with E-state index in [4.69, 9.17) is 23.8 Å². The second-order valence-corrected chi connectivity index (χ2v) is 3.94. The molecule has 0 bridgehead atoms.